The number of alkyl halides is 1. The number of hydrogen-bond donors (Lipinski definition) is 0. The van der Waals surface area contributed by atoms with E-state index in [2.05, 4.69) is 29.0 Å². The largest absolute Gasteiger partial charge is 0.394 e. The maximum absolute atomic E-state index is 6.40. The van der Waals surface area contributed by atoms with Gasteiger partial charge in [-0.15, -0.1) is 0 Å². The zero-order chi connectivity index (χ0) is 20.3. The summed E-state index contributed by atoms with van der Waals surface area (Å²) in [7, 11) is -2.12. The van der Waals surface area contributed by atoms with Crippen molar-refractivity contribution >= 4 is 24.5 Å². The summed E-state index contributed by atoms with van der Waals surface area (Å²) in [6.07, 6.45) is 22.0. The van der Waals surface area contributed by atoms with Gasteiger partial charge in [-0.05, 0) is 45.2 Å². The van der Waals surface area contributed by atoms with Gasteiger partial charge in [0, 0.05) is 18.5 Å². The topological polar surface area (TPSA) is 27.7 Å². The van der Waals surface area contributed by atoms with Crippen LogP contribution in [0.2, 0.25) is 13.1 Å². The summed E-state index contributed by atoms with van der Waals surface area (Å²) < 4.78 is 18.7. The molecule has 1 rings (SSSR count). The summed E-state index contributed by atoms with van der Waals surface area (Å²) in [6, 6.07) is 0. The van der Waals surface area contributed by atoms with Crippen LogP contribution in [-0.4, -0.2) is 33.4 Å². The van der Waals surface area contributed by atoms with Crippen LogP contribution in [0.1, 0.15) is 109 Å². The second kappa shape index (κ2) is 18.4. The lowest BCUT2D eigenvalue weighted by molar-refractivity contribution is -0.104. The Bertz CT molecular complexity index is 326. The molecule has 1 heterocycles. The number of unbranched alkanes of at least 4 members (excludes halogenated alkanes) is 3. The molecule has 28 heavy (non-hydrogen) atoms. The van der Waals surface area contributed by atoms with Crippen molar-refractivity contribution in [2.24, 2.45) is 0 Å². The minimum Gasteiger partial charge on any atom is -0.394 e. The van der Waals surface area contributed by atoms with E-state index in [0.29, 0.717) is 0 Å². The van der Waals surface area contributed by atoms with Crippen molar-refractivity contribution in [2.45, 2.75) is 129 Å². The Morgan fingerprint density at radius 3 is 1.89 bits per heavy atom. The Morgan fingerprint density at radius 2 is 1.29 bits per heavy atom. The lowest BCUT2D eigenvalue weighted by Gasteiger charge is -2.29. The molecule has 168 valence electrons. The van der Waals surface area contributed by atoms with Crippen molar-refractivity contribution in [1.82, 2.24) is 0 Å². The molecule has 0 aliphatic carbocycles. The van der Waals surface area contributed by atoms with Crippen molar-refractivity contribution in [3.63, 3.8) is 0 Å². The smallest absolute Gasteiger partial charge is 0.333 e. The predicted octanol–water partition coefficient (Wildman–Crippen LogP) is 8.10. The maximum atomic E-state index is 6.40. The van der Waals surface area contributed by atoms with Gasteiger partial charge in [0.05, 0.1) is 0 Å². The van der Waals surface area contributed by atoms with E-state index in [1.807, 2.05) is 0 Å². The first-order chi connectivity index (χ1) is 13.6. The molecule has 1 aliphatic rings. The lowest BCUT2D eigenvalue weighted by Crippen LogP contribution is -2.40. The van der Waals surface area contributed by atoms with Crippen molar-refractivity contribution in [3.8, 4) is 0 Å². The van der Waals surface area contributed by atoms with Crippen LogP contribution in [0.4, 0.5) is 0 Å². The van der Waals surface area contributed by atoms with Crippen molar-refractivity contribution in [2.75, 3.05) is 18.5 Å². The third-order valence-corrected chi connectivity index (χ3v) is 7.82. The number of hydrogen-bond acceptors (Lipinski definition) is 3. The molecule has 0 bridgehead atoms. The van der Waals surface area contributed by atoms with E-state index >= 15 is 0 Å². The lowest BCUT2D eigenvalue weighted by atomic mass is 10.0. The van der Waals surface area contributed by atoms with Gasteiger partial charge in [-0.1, -0.05) is 93.0 Å². The molecule has 3 nitrogen and oxygen atoms in total. The van der Waals surface area contributed by atoms with E-state index in [-0.39, 0.29) is 6.29 Å². The van der Waals surface area contributed by atoms with Crippen molar-refractivity contribution in [3.05, 3.63) is 0 Å². The number of rotatable bonds is 9. The van der Waals surface area contributed by atoms with Gasteiger partial charge in [-0.2, -0.15) is 0 Å². The second-order valence-electron chi connectivity index (χ2n) is 8.80. The van der Waals surface area contributed by atoms with Gasteiger partial charge >= 0.3 is 8.56 Å². The van der Waals surface area contributed by atoms with E-state index in [9.17, 15) is 0 Å². The molecule has 1 atom stereocenters. The molecular formula is C23H47BrO3Si. The Balaban J connectivity index is 2.32. The Labute approximate surface area is 185 Å². The number of halogens is 1. The first kappa shape index (κ1) is 26.6. The quantitative estimate of drug-likeness (QED) is 0.190. The van der Waals surface area contributed by atoms with E-state index in [0.717, 1.165) is 37.8 Å². The minimum absolute atomic E-state index is 0.0667. The first-order valence-electron chi connectivity index (χ1n) is 12.1. The fourth-order valence-electron chi connectivity index (χ4n) is 3.79. The summed E-state index contributed by atoms with van der Waals surface area (Å²) in [4.78, 5) is 0. The molecule has 5 heteroatoms. The first-order valence-corrected chi connectivity index (χ1v) is 16.1. The highest BCUT2D eigenvalue weighted by Crippen LogP contribution is 2.19. The standard InChI is InChI=1S/C23H47BrO3Si/c1-28(2,26-22-18-14-12-16-20-24)27-23-19-15-11-9-7-5-3-4-6-8-10-13-17-21-25-23/h23H,3-22H2,1-2H3. The molecule has 0 radical (unpaired) electrons. The Kier molecular flexibility index (Phi) is 17.4. The van der Waals surface area contributed by atoms with Crippen LogP contribution in [0.25, 0.3) is 0 Å². The van der Waals surface area contributed by atoms with Crippen LogP contribution >= 0.6 is 15.9 Å². The third kappa shape index (κ3) is 16.4. The molecule has 1 saturated heterocycles. The van der Waals surface area contributed by atoms with Crippen LogP contribution in [0.15, 0.2) is 0 Å². The average molecular weight is 480 g/mol. The Morgan fingerprint density at radius 1 is 0.750 bits per heavy atom. The van der Waals surface area contributed by atoms with Crippen LogP contribution in [0.3, 0.4) is 0 Å². The molecule has 0 amide bonds. The highest BCUT2D eigenvalue weighted by molar-refractivity contribution is 9.09. The highest BCUT2D eigenvalue weighted by atomic mass is 79.9. The van der Waals surface area contributed by atoms with Gasteiger partial charge in [-0.3, -0.25) is 0 Å². The maximum Gasteiger partial charge on any atom is 0.333 e. The molecule has 1 aliphatic heterocycles. The highest BCUT2D eigenvalue weighted by Gasteiger charge is 2.29. The third-order valence-electron chi connectivity index (χ3n) is 5.53. The van der Waals surface area contributed by atoms with Crippen LogP contribution in [-0.2, 0) is 13.6 Å². The summed E-state index contributed by atoms with van der Waals surface area (Å²) in [5.41, 5.74) is 0. The molecule has 0 aromatic heterocycles. The van der Waals surface area contributed by atoms with Gasteiger partial charge in [0.15, 0.2) is 0 Å². The molecule has 1 fully saturated rings. The summed E-state index contributed by atoms with van der Waals surface area (Å²) >= 11 is 3.49. The number of ether oxygens (including phenoxy) is 1. The minimum atomic E-state index is -2.12. The summed E-state index contributed by atoms with van der Waals surface area (Å²) in [5, 5.41) is 1.11. The predicted molar refractivity (Wildman–Crippen MR) is 127 cm³/mol. The van der Waals surface area contributed by atoms with Gasteiger partial charge in [-0.25, -0.2) is 0 Å². The van der Waals surface area contributed by atoms with Gasteiger partial charge in [0.25, 0.3) is 0 Å². The fraction of sp³-hybridized carbons (Fsp3) is 1.00. The molecule has 0 aromatic carbocycles. The zero-order valence-electron chi connectivity index (χ0n) is 18.8. The molecule has 0 spiro atoms. The van der Waals surface area contributed by atoms with E-state index in [1.165, 1.54) is 89.9 Å². The fourth-order valence-corrected chi connectivity index (χ4v) is 5.71. The van der Waals surface area contributed by atoms with Crippen molar-refractivity contribution in [1.29, 1.82) is 0 Å². The summed E-state index contributed by atoms with van der Waals surface area (Å²) in [5.74, 6) is 0. The zero-order valence-corrected chi connectivity index (χ0v) is 21.4. The molecular weight excluding hydrogens is 432 g/mol. The second-order valence-corrected chi connectivity index (χ2v) is 12.9. The summed E-state index contributed by atoms with van der Waals surface area (Å²) in [6.45, 7) is 6.01. The molecule has 0 N–H and O–H groups in total. The van der Waals surface area contributed by atoms with Gasteiger partial charge < -0.3 is 13.6 Å². The molecule has 0 aromatic rings. The molecule has 0 saturated carbocycles. The van der Waals surface area contributed by atoms with Gasteiger partial charge in [0.2, 0.25) is 0 Å². The SMILES string of the molecule is C[Si](C)(OCCCCCCBr)OC1CCCCCCCCCCCCCCO1. The monoisotopic (exact) mass is 478 g/mol. The normalized spacial score (nSPS) is 22.2. The van der Waals surface area contributed by atoms with E-state index < -0.39 is 8.56 Å². The van der Waals surface area contributed by atoms with E-state index in [1.54, 1.807) is 0 Å². The van der Waals surface area contributed by atoms with Crippen molar-refractivity contribution < 1.29 is 13.6 Å². The van der Waals surface area contributed by atoms with Crippen LogP contribution in [0.5, 0.6) is 0 Å². The van der Waals surface area contributed by atoms with Crippen LogP contribution in [0, 0.1) is 0 Å². The van der Waals surface area contributed by atoms with Gasteiger partial charge in [0.1, 0.15) is 6.29 Å². The van der Waals surface area contributed by atoms with E-state index in [4.69, 9.17) is 13.6 Å². The molecule has 1 unspecified atom stereocenters. The van der Waals surface area contributed by atoms with Crippen LogP contribution < -0.4 is 0 Å². The average Bonchev–Trinajstić information content (AvgIpc) is 2.66. The Hall–Kier alpha value is 0.577.